The molecule has 0 atom stereocenters. The summed E-state index contributed by atoms with van der Waals surface area (Å²) in [5, 5.41) is 7.57. The maximum absolute atomic E-state index is 11.6. The number of rotatable bonds is 9. The third-order valence-electron chi connectivity index (χ3n) is 4.37. The molecule has 2 N–H and O–H groups in total. The molecule has 2 aromatic rings. The van der Waals surface area contributed by atoms with E-state index in [1.807, 2.05) is 45.0 Å². The summed E-state index contributed by atoms with van der Waals surface area (Å²) in [4.78, 5) is 4.59. The monoisotopic (exact) mass is 522 g/mol. The fourth-order valence-electron chi connectivity index (χ4n) is 2.89. The van der Waals surface area contributed by atoms with Gasteiger partial charge in [0.15, 0.2) is 5.96 Å². The highest BCUT2D eigenvalue weighted by atomic mass is 127. The molecule has 1 heterocycles. The van der Waals surface area contributed by atoms with Gasteiger partial charge in [0.25, 0.3) is 0 Å². The highest BCUT2D eigenvalue weighted by molar-refractivity contribution is 14.0. The summed E-state index contributed by atoms with van der Waals surface area (Å²) in [5.74, 6) is 1.54. The van der Waals surface area contributed by atoms with Crippen LogP contribution in [0.25, 0.3) is 11.0 Å². The van der Waals surface area contributed by atoms with Crippen LogP contribution in [-0.2, 0) is 16.6 Å². The smallest absolute Gasteiger partial charge is 0.211 e. The Kier molecular flexibility index (Phi) is 10.3. The van der Waals surface area contributed by atoms with Gasteiger partial charge in [0.05, 0.1) is 6.26 Å². The Morgan fingerprint density at radius 2 is 1.93 bits per heavy atom. The second-order valence-electron chi connectivity index (χ2n) is 6.38. The first-order chi connectivity index (χ1) is 12.9. The van der Waals surface area contributed by atoms with Crippen molar-refractivity contribution in [2.24, 2.45) is 4.99 Å². The van der Waals surface area contributed by atoms with E-state index in [1.54, 1.807) is 0 Å². The lowest BCUT2D eigenvalue weighted by atomic mass is 10.1. The molecule has 0 saturated heterocycles. The van der Waals surface area contributed by atoms with Crippen LogP contribution in [0.4, 0.5) is 0 Å². The van der Waals surface area contributed by atoms with Crippen molar-refractivity contribution in [2.75, 3.05) is 32.4 Å². The minimum atomic E-state index is -3.14. The summed E-state index contributed by atoms with van der Waals surface area (Å²) < 4.78 is 30.6. The third-order valence-corrected chi connectivity index (χ3v) is 5.74. The number of fused-ring (bicyclic) bond motifs is 1. The highest BCUT2D eigenvalue weighted by Gasteiger charge is 2.13. The molecule has 9 heteroatoms. The first kappa shape index (κ1) is 24.7. The van der Waals surface area contributed by atoms with Gasteiger partial charge >= 0.3 is 0 Å². The molecule has 1 aromatic heterocycles. The largest absolute Gasteiger partial charge is 0.459 e. The normalized spacial score (nSPS) is 12.2. The van der Waals surface area contributed by atoms with E-state index in [-0.39, 0.29) is 24.0 Å². The minimum absolute atomic E-state index is 0. The van der Waals surface area contributed by atoms with Gasteiger partial charge in [-0.1, -0.05) is 25.1 Å². The molecule has 0 saturated carbocycles. The van der Waals surface area contributed by atoms with E-state index < -0.39 is 10.0 Å². The van der Waals surface area contributed by atoms with E-state index in [1.165, 1.54) is 10.6 Å². The van der Waals surface area contributed by atoms with Gasteiger partial charge in [-0.05, 0) is 26.3 Å². The van der Waals surface area contributed by atoms with Gasteiger partial charge in [0.2, 0.25) is 10.0 Å². The number of guanidine groups is 1. The van der Waals surface area contributed by atoms with Crippen LogP contribution in [-0.4, -0.2) is 51.1 Å². The van der Waals surface area contributed by atoms with Gasteiger partial charge in [-0.25, -0.2) is 17.7 Å². The summed E-state index contributed by atoms with van der Waals surface area (Å²) in [6.45, 7) is 8.69. The van der Waals surface area contributed by atoms with Crippen molar-refractivity contribution in [3.05, 3.63) is 35.6 Å². The number of benzene rings is 1. The zero-order valence-corrected chi connectivity index (χ0v) is 20.1. The molecule has 0 bridgehead atoms. The molecule has 2 rings (SSSR count). The second kappa shape index (κ2) is 11.6. The molecule has 0 radical (unpaired) electrons. The number of nitrogens with one attached hydrogen (secondary N) is 2. The van der Waals surface area contributed by atoms with Crippen molar-refractivity contribution in [3.63, 3.8) is 0 Å². The topological polar surface area (TPSA) is 86.9 Å². The summed E-state index contributed by atoms with van der Waals surface area (Å²) in [6.07, 6.45) is 1.94. The van der Waals surface area contributed by atoms with E-state index in [4.69, 9.17) is 4.42 Å². The molecule has 1 aromatic carbocycles. The Balaban J connectivity index is 0.00000392. The van der Waals surface area contributed by atoms with Gasteiger partial charge in [-0.2, -0.15) is 0 Å². The van der Waals surface area contributed by atoms with E-state index in [9.17, 15) is 8.42 Å². The average Bonchev–Trinajstić information content (AvgIpc) is 2.94. The van der Waals surface area contributed by atoms with Crippen molar-refractivity contribution in [1.82, 2.24) is 14.9 Å². The number of para-hydroxylation sites is 1. The SMILES string of the molecule is CCNC(=NCc1oc2ccccc2c1C)NCCCN(CC)S(C)(=O)=O.I. The van der Waals surface area contributed by atoms with Crippen molar-refractivity contribution in [1.29, 1.82) is 0 Å². The van der Waals surface area contributed by atoms with E-state index >= 15 is 0 Å². The number of nitrogens with zero attached hydrogens (tertiary/aromatic N) is 2. The molecule has 158 valence electrons. The zero-order valence-electron chi connectivity index (χ0n) is 17.0. The predicted molar refractivity (Wildman–Crippen MR) is 126 cm³/mol. The molecule has 0 unspecified atom stereocenters. The van der Waals surface area contributed by atoms with Crippen LogP contribution in [0.1, 0.15) is 31.6 Å². The average molecular weight is 522 g/mol. The molecule has 0 aliphatic rings. The number of halogens is 1. The van der Waals surface area contributed by atoms with Crippen LogP contribution >= 0.6 is 24.0 Å². The number of hydrogen-bond donors (Lipinski definition) is 2. The van der Waals surface area contributed by atoms with Crippen molar-refractivity contribution >= 4 is 50.9 Å². The van der Waals surface area contributed by atoms with Crippen LogP contribution in [0.15, 0.2) is 33.7 Å². The standard InChI is InChI=1S/C19H30N4O3S.HI/c1-5-20-19(21-12-9-13-23(6-2)27(4,24)25)22-14-18-15(3)16-10-7-8-11-17(16)26-18;/h7-8,10-11H,5-6,9,12-14H2,1-4H3,(H2,20,21,22);1H. The summed E-state index contributed by atoms with van der Waals surface area (Å²) in [5.41, 5.74) is 1.98. The Morgan fingerprint density at radius 1 is 1.21 bits per heavy atom. The van der Waals surface area contributed by atoms with Crippen molar-refractivity contribution in [3.8, 4) is 0 Å². The minimum Gasteiger partial charge on any atom is -0.459 e. The first-order valence-electron chi connectivity index (χ1n) is 9.31. The van der Waals surface area contributed by atoms with Crippen LogP contribution in [0.2, 0.25) is 0 Å². The van der Waals surface area contributed by atoms with E-state index in [2.05, 4.69) is 15.6 Å². The molecule has 0 spiro atoms. The Labute approximate surface area is 185 Å². The van der Waals surface area contributed by atoms with Gasteiger partial charge in [0, 0.05) is 37.1 Å². The molecule has 0 amide bonds. The van der Waals surface area contributed by atoms with Crippen molar-refractivity contribution < 1.29 is 12.8 Å². The number of furan rings is 1. The van der Waals surface area contributed by atoms with Crippen LogP contribution in [0.5, 0.6) is 0 Å². The Bertz CT molecular complexity index is 880. The fraction of sp³-hybridized carbons (Fsp3) is 0.526. The van der Waals surface area contributed by atoms with Gasteiger partial charge in [0.1, 0.15) is 17.9 Å². The molecular weight excluding hydrogens is 491 g/mol. The summed E-state index contributed by atoms with van der Waals surface area (Å²) >= 11 is 0. The van der Waals surface area contributed by atoms with Crippen LogP contribution in [0, 0.1) is 6.92 Å². The molecule has 28 heavy (non-hydrogen) atoms. The maximum Gasteiger partial charge on any atom is 0.211 e. The highest BCUT2D eigenvalue weighted by Crippen LogP contribution is 2.25. The summed E-state index contributed by atoms with van der Waals surface area (Å²) in [7, 11) is -3.14. The lowest BCUT2D eigenvalue weighted by Crippen LogP contribution is -2.39. The van der Waals surface area contributed by atoms with Gasteiger partial charge in [-0.3, -0.25) is 0 Å². The molecule has 0 fully saturated rings. The fourth-order valence-corrected chi connectivity index (χ4v) is 3.82. The predicted octanol–water partition coefficient (Wildman–Crippen LogP) is 3.09. The van der Waals surface area contributed by atoms with Gasteiger partial charge < -0.3 is 15.1 Å². The van der Waals surface area contributed by atoms with Gasteiger partial charge in [-0.15, -0.1) is 24.0 Å². The van der Waals surface area contributed by atoms with Crippen LogP contribution < -0.4 is 10.6 Å². The number of sulfonamides is 1. The maximum atomic E-state index is 11.6. The lowest BCUT2D eigenvalue weighted by molar-refractivity contribution is 0.424. The summed E-state index contributed by atoms with van der Waals surface area (Å²) in [6, 6.07) is 7.96. The lowest BCUT2D eigenvalue weighted by Gasteiger charge is -2.18. The Hall–Kier alpha value is -1.33. The van der Waals surface area contributed by atoms with E-state index in [0.29, 0.717) is 38.6 Å². The second-order valence-corrected chi connectivity index (χ2v) is 8.36. The number of aliphatic imine (C=N–C) groups is 1. The Morgan fingerprint density at radius 3 is 2.54 bits per heavy atom. The first-order valence-corrected chi connectivity index (χ1v) is 11.2. The number of hydrogen-bond acceptors (Lipinski definition) is 4. The van der Waals surface area contributed by atoms with E-state index in [0.717, 1.165) is 28.8 Å². The molecule has 7 nitrogen and oxygen atoms in total. The van der Waals surface area contributed by atoms with Crippen molar-refractivity contribution in [2.45, 2.75) is 33.7 Å². The number of aryl methyl sites for hydroxylation is 1. The molecule has 0 aliphatic heterocycles. The quantitative estimate of drug-likeness (QED) is 0.229. The third kappa shape index (κ3) is 6.93. The molecular formula is C19H31IN4O3S. The molecule has 0 aliphatic carbocycles. The zero-order chi connectivity index (χ0) is 19.9. The van der Waals surface area contributed by atoms with Crippen LogP contribution in [0.3, 0.4) is 0 Å².